The van der Waals surface area contributed by atoms with Crippen molar-refractivity contribution in [3.63, 3.8) is 0 Å². The monoisotopic (exact) mass is 267 g/mol. The first-order valence-corrected chi connectivity index (χ1v) is 6.80. The maximum Gasteiger partial charge on any atom is 0.308 e. The van der Waals surface area contributed by atoms with Crippen molar-refractivity contribution in [2.45, 2.75) is 10.8 Å². The van der Waals surface area contributed by atoms with E-state index in [1.54, 1.807) is 0 Å². The molecule has 1 aromatic carbocycles. The van der Waals surface area contributed by atoms with E-state index in [-0.39, 0.29) is 10.8 Å². The van der Waals surface area contributed by atoms with Crippen LogP contribution in [-0.2, 0) is 15.6 Å². The van der Waals surface area contributed by atoms with Gasteiger partial charge >= 0.3 is 5.03 Å². The summed E-state index contributed by atoms with van der Waals surface area (Å²) in [4.78, 5) is 0. The molecule has 1 aromatic heterocycles. The van der Waals surface area contributed by atoms with Crippen LogP contribution in [0, 0.1) is 11.0 Å². The van der Waals surface area contributed by atoms with Crippen LogP contribution >= 0.6 is 0 Å². The van der Waals surface area contributed by atoms with Crippen molar-refractivity contribution in [1.29, 1.82) is 0 Å². The van der Waals surface area contributed by atoms with Crippen molar-refractivity contribution in [2.24, 2.45) is 0 Å². The summed E-state index contributed by atoms with van der Waals surface area (Å²) in [5.74, 6) is -0.769. The van der Waals surface area contributed by atoms with Crippen LogP contribution < -0.4 is 4.73 Å². The molecule has 2 aromatic rings. The van der Waals surface area contributed by atoms with Gasteiger partial charge in [0, 0.05) is 12.1 Å². The van der Waals surface area contributed by atoms with Crippen LogP contribution in [0.4, 0.5) is 4.39 Å². The lowest BCUT2D eigenvalue weighted by Gasteiger charge is -2.05. The van der Waals surface area contributed by atoms with Crippen molar-refractivity contribution in [2.75, 3.05) is 0 Å². The molecule has 0 saturated heterocycles. The molecule has 0 atom stereocenters. The van der Waals surface area contributed by atoms with Crippen LogP contribution in [0.25, 0.3) is 0 Å². The number of halogens is 1. The Morgan fingerprint density at radius 3 is 2.39 bits per heavy atom. The van der Waals surface area contributed by atoms with Crippen LogP contribution in [0.1, 0.15) is 5.56 Å². The number of sulfone groups is 1. The first-order valence-electron chi connectivity index (χ1n) is 5.14. The smallest absolute Gasteiger partial charge is 0.308 e. The van der Waals surface area contributed by atoms with Crippen LogP contribution in [0.3, 0.4) is 0 Å². The zero-order valence-corrected chi connectivity index (χ0v) is 10.1. The van der Waals surface area contributed by atoms with Crippen molar-refractivity contribution in [3.8, 4) is 0 Å². The lowest BCUT2D eigenvalue weighted by atomic mass is 10.2. The lowest BCUT2D eigenvalue weighted by molar-refractivity contribution is -0.646. The molecule has 0 unspecified atom stereocenters. The van der Waals surface area contributed by atoms with Crippen LogP contribution in [0.5, 0.6) is 0 Å². The molecule has 0 N–H and O–H groups in total. The summed E-state index contributed by atoms with van der Waals surface area (Å²) in [7, 11) is -3.73. The zero-order valence-electron chi connectivity index (χ0n) is 9.28. The SMILES string of the molecule is O=S(=O)(Cc1ccc(F)cc1)c1cccc[n+]1[O-]. The summed E-state index contributed by atoms with van der Waals surface area (Å²) in [5.41, 5.74) is 0.431. The van der Waals surface area contributed by atoms with Crippen molar-refractivity contribution < 1.29 is 17.5 Å². The number of pyridine rings is 1. The predicted molar refractivity (Wildman–Crippen MR) is 62.7 cm³/mol. The summed E-state index contributed by atoms with van der Waals surface area (Å²) >= 11 is 0. The molecular formula is C12H10FNO3S. The average Bonchev–Trinajstić information content (AvgIpc) is 2.32. The van der Waals surface area contributed by atoms with Gasteiger partial charge in [0.25, 0.3) is 0 Å². The normalized spacial score (nSPS) is 11.4. The van der Waals surface area contributed by atoms with Crippen molar-refractivity contribution in [3.05, 3.63) is 65.2 Å². The van der Waals surface area contributed by atoms with E-state index in [0.29, 0.717) is 10.3 Å². The molecule has 0 amide bonds. The van der Waals surface area contributed by atoms with Gasteiger partial charge in [-0.3, -0.25) is 0 Å². The van der Waals surface area contributed by atoms with E-state index in [9.17, 15) is 18.0 Å². The second-order valence-corrected chi connectivity index (χ2v) is 5.69. The van der Waals surface area contributed by atoms with Gasteiger partial charge in [0.2, 0.25) is 9.84 Å². The Hall–Kier alpha value is -1.95. The number of nitrogens with zero attached hydrogens (tertiary/aromatic N) is 1. The maximum absolute atomic E-state index is 12.7. The number of hydrogen-bond donors (Lipinski definition) is 0. The molecule has 0 spiro atoms. The fourth-order valence-corrected chi connectivity index (χ4v) is 2.93. The molecular weight excluding hydrogens is 257 g/mol. The minimum atomic E-state index is -3.73. The van der Waals surface area contributed by atoms with Gasteiger partial charge in [-0.05, 0) is 23.8 Å². The Morgan fingerprint density at radius 2 is 1.78 bits per heavy atom. The predicted octanol–water partition coefficient (Wildman–Crippen LogP) is 1.43. The van der Waals surface area contributed by atoms with Crippen LogP contribution in [0.2, 0.25) is 0 Å². The van der Waals surface area contributed by atoms with Gasteiger partial charge in [-0.15, -0.1) is 0 Å². The molecule has 0 aliphatic rings. The molecule has 2 rings (SSSR count). The number of aromatic nitrogens is 1. The Kier molecular flexibility index (Phi) is 3.29. The van der Waals surface area contributed by atoms with E-state index in [2.05, 4.69) is 0 Å². The molecule has 0 saturated carbocycles. The molecule has 0 fully saturated rings. The lowest BCUT2D eigenvalue weighted by Crippen LogP contribution is -2.33. The third-order valence-corrected chi connectivity index (χ3v) is 4.04. The van der Waals surface area contributed by atoms with E-state index < -0.39 is 15.7 Å². The highest BCUT2D eigenvalue weighted by Crippen LogP contribution is 2.13. The van der Waals surface area contributed by atoms with E-state index >= 15 is 0 Å². The fourth-order valence-electron chi connectivity index (χ4n) is 1.53. The highest BCUT2D eigenvalue weighted by molar-refractivity contribution is 7.90. The van der Waals surface area contributed by atoms with Gasteiger partial charge in [0.15, 0.2) is 6.20 Å². The summed E-state index contributed by atoms with van der Waals surface area (Å²) < 4.78 is 37.0. The molecule has 0 bridgehead atoms. The van der Waals surface area contributed by atoms with Crippen molar-refractivity contribution >= 4 is 9.84 Å². The largest absolute Gasteiger partial charge is 0.618 e. The first-order chi connectivity index (χ1) is 8.49. The number of rotatable bonds is 3. The second kappa shape index (κ2) is 4.73. The van der Waals surface area contributed by atoms with Gasteiger partial charge < -0.3 is 5.21 Å². The van der Waals surface area contributed by atoms with E-state index in [1.165, 1.54) is 42.5 Å². The Morgan fingerprint density at radius 1 is 1.11 bits per heavy atom. The van der Waals surface area contributed by atoms with E-state index in [4.69, 9.17) is 0 Å². The minimum absolute atomic E-state index is 0.304. The Balaban J connectivity index is 2.33. The fraction of sp³-hybridized carbons (Fsp3) is 0.0833. The first kappa shape index (κ1) is 12.5. The second-order valence-electron chi connectivity index (χ2n) is 3.75. The van der Waals surface area contributed by atoms with Gasteiger partial charge in [0.1, 0.15) is 5.82 Å². The van der Waals surface area contributed by atoms with Gasteiger partial charge in [-0.1, -0.05) is 12.1 Å². The zero-order chi connectivity index (χ0) is 13.2. The molecule has 6 heteroatoms. The summed E-state index contributed by atoms with van der Waals surface area (Å²) in [5, 5.41) is 11.1. The molecule has 4 nitrogen and oxygen atoms in total. The van der Waals surface area contributed by atoms with Crippen LogP contribution in [0.15, 0.2) is 53.7 Å². The van der Waals surface area contributed by atoms with Crippen molar-refractivity contribution in [1.82, 2.24) is 0 Å². The quantitative estimate of drug-likeness (QED) is 0.624. The third-order valence-electron chi connectivity index (χ3n) is 2.38. The molecule has 0 aliphatic heterocycles. The van der Waals surface area contributed by atoms with Crippen LogP contribution in [-0.4, -0.2) is 8.42 Å². The van der Waals surface area contributed by atoms with Gasteiger partial charge in [-0.25, -0.2) is 12.8 Å². The third kappa shape index (κ3) is 2.65. The minimum Gasteiger partial charge on any atom is -0.618 e. The molecule has 0 radical (unpaired) electrons. The summed E-state index contributed by atoms with van der Waals surface area (Å²) in [6, 6.07) is 9.29. The molecule has 18 heavy (non-hydrogen) atoms. The van der Waals surface area contributed by atoms with E-state index in [0.717, 1.165) is 6.20 Å². The Labute approximate surface area is 104 Å². The average molecular weight is 267 g/mol. The highest BCUT2D eigenvalue weighted by Gasteiger charge is 2.23. The van der Waals surface area contributed by atoms with E-state index in [1.807, 2.05) is 0 Å². The number of hydrogen-bond acceptors (Lipinski definition) is 3. The van der Waals surface area contributed by atoms with Gasteiger partial charge in [-0.2, -0.15) is 4.73 Å². The standard InChI is InChI=1S/C12H10FNO3S/c13-11-6-4-10(5-7-11)9-18(16,17)12-3-1-2-8-14(12)15/h1-8H,9H2. The molecule has 94 valence electrons. The summed E-state index contributed by atoms with van der Waals surface area (Å²) in [6.07, 6.45) is 1.12. The van der Waals surface area contributed by atoms with Gasteiger partial charge in [0.05, 0.1) is 5.75 Å². The molecule has 0 aliphatic carbocycles. The topological polar surface area (TPSA) is 61.1 Å². The maximum atomic E-state index is 12.7. The Bertz CT molecular complexity index is 653. The highest BCUT2D eigenvalue weighted by atomic mass is 32.2. The summed E-state index contributed by atoms with van der Waals surface area (Å²) in [6.45, 7) is 0. The molecule has 1 heterocycles. The number of benzene rings is 1.